The summed E-state index contributed by atoms with van der Waals surface area (Å²) in [4.78, 5) is 28.7. The summed E-state index contributed by atoms with van der Waals surface area (Å²) in [7, 11) is 0. The van der Waals surface area contributed by atoms with Gasteiger partial charge in [0.2, 0.25) is 0 Å². The molecule has 150 valence electrons. The first-order valence-corrected chi connectivity index (χ1v) is 10.7. The van der Waals surface area contributed by atoms with Gasteiger partial charge in [-0.2, -0.15) is 0 Å². The lowest BCUT2D eigenvalue weighted by Crippen LogP contribution is -2.34. The summed E-state index contributed by atoms with van der Waals surface area (Å²) in [5.41, 5.74) is 1.02. The highest BCUT2D eigenvalue weighted by molar-refractivity contribution is 7.71. The lowest BCUT2D eigenvalue weighted by atomic mass is 10.1. The smallest absolute Gasteiger partial charge is 0.262 e. The molecule has 0 unspecified atom stereocenters. The molecule has 1 saturated heterocycles. The molecule has 1 aromatic heterocycles. The number of rotatable bonds is 4. The summed E-state index contributed by atoms with van der Waals surface area (Å²) in [6, 6.07) is 5.42. The molecule has 28 heavy (non-hydrogen) atoms. The van der Waals surface area contributed by atoms with Gasteiger partial charge in [-0.3, -0.25) is 14.2 Å². The molecular weight excluding hydrogens is 374 g/mol. The van der Waals surface area contributed by atoms with Crippen molar-refractivity contribution in [2.45, 2.75) is 70.1 Å². The van der Waals surface area contributed by atoms with Gasteiger partial charge in [0.05, 0.1) is 23.6 Å². The van der Waals surface area contributed by atoms with Crippen molar-refractivity contribution in [1.82, 2.24) is 14.9 Å². The van der Waals surface area contributed by atoms with Gasteiger partial charge in [-0.25, -0.2) is 0 Å². The van der Waals surface area contributed by atoms with Gasteiger partial charge in [0, 0.05) is 18.2 Å². The fraction of sp³-hybridized carbons (Fsp3) is 0.571. The zero-order chi connectivity index (χ0) is 19.5. The van der Waals surface area contributed by atoms with E-state index in [-0.39, 0.29) is 23.6 Å². The molecule has 1 amide bonds. The Balaban J connectivity index is 1.57. The third-order valence-corrected chi connectivity index (χ3v) is 6.17. The molecule has 2 aliphatic rings. The van der Waals surface area contributed by atoms with Crippen LogP contribution in [0.1, 0.15) is 61.7 Å². The minimum absolute atomic E-state index is 0.0369. The topological polar surface area (TPSA) is 76.1 Å². The highest BCUT2D eigenvalue weighted by Gasteiger charge is 2.19. The van der Waals surface area contributed by atoms with Crippen LogP contribution in [0, 0.1) is 4.77 Å². The predicted molar refractivity (Wildman–Crippen MR) is 111 cm³/mol. The van der Waals surface area contributed by atoms with E-state index < -0.39 is 0 Å². The highest BCUT2D eigenvalue weighted by atomic mass is 32.1. The van der Waals surface area contributed by atoms with Crippen LogP contribution in [0.25, 0.3) is 10.9 Å². The summed E-state index contributed by atoms with van der Waals surface area (Å²) in [5, 5.41) is 3.69. The molecule has 6 nitrogen and oxygen atoms in total. The van der Waals surface area contributed by atoms with Gasteiger partial charge in [0.1, 0.15) is 0 Å². The van der Waals surface area contributed by atoms with Gasteiger partial charge in [0.25, 0.3) is 11.5 Å². The SMILES string of the molecule is O=C(NC1CCCCCC1)c1ccc2c(=O)n(C[C@@H]3CCCO3)c(=S)[nH]c2c1. The van der Waals surface area contributed by atoms with Gasteiger partial charge in [-0.05, 0) is 56.1 Å². The number of nitrogens with zero attached hydrogens (tertiary/aromatic N) is 1. The lowest BCUT2D eigenvalue weighted by Gasteiger charge is -2.16. The molecule has 1 atom stereocenters. The summed E-state index contributed by atoms with van der Waals surface area (Å²) in [5.74, 6) is -0.0864. The van der Waals surface area contributed by atoms with Crippen molar-refractivity contribution < 1.29 is 9.53 Å². The standard InChI is InChI=1S/C21H27N3O3S/c25-19(22-15-6-3-1-2-4-7-15)14-9-10-17-18(12-14)23-21(28)24(20(17)26)13-16-8-5-11-27-16/h9-10,12,15-16H,1-8,11,13H2,(H,22,25)(H,23,28)/t16-/m0/s1. The second kappa shape index (κ2) is 8.57. The molecule has 7 heteroatoms. The zero-order valence-electron chi connectivity index (χ0n) is 16.0. The number of carbonyl (C=O) groups is 1. The van der Waals surface area contributed by atoms with Crippen LogP contribution in [0.4, 0.5) is 0 Å². The summed E-state index contributed by atoms with van der Waals surface area (Å²) in [6.45, 7) is 1.21. The van der Waals surface area contributed by atoms with E-state index in [0.717, 1.165) is 32.3 Å². The molecular formula is C21H27N3O3S. The maximum absolute atomic E-state index is 12.9. The number of hydrogen-bond donors (Lipinski definition) is 2. The Bertz CT molecular complexity index is 967. The summed E-state index contributed by atoms with van der Waals surface area (Å²) in [6.07, 6.45) is 8.90. The van der Waals surface area contributed by atoms with E-state index in [1.54, 1.807) is 22.8 Å². The molecule has 0 bridgehead atoms. The van der Waals surface area contributed by atoms with Gasteiger partial charge in [-0.15, -0.1) is 0 Å². The van der Waals surface area contributed by atoms with E-state index >= 15 is 0 Å². The third-order valence-electron chi connectivity index (χ3n) is 5.84. The molecule has 2 N–H and O–H groups in total. The van der Waals surface area contributed by atoms with E-state index in [9.17, 15) is 9.59 Å². The number of H-pyrrole nitrogens is 1. The van der Waals surface area contributed by atoms with Crippen molar-refractivity contribution in [2.75, 3.05) is 6.61 Å². The van der Waals surface area contributed by atoms with Crippen molar-refractivity contribution in [1.29, 1.82) is 0 Å². The molecule has 1 aromatic carbocycles. The normalized spacial score (nSPS) is 20.9. The van der Waals surface area contributed by atoms with Crippen LogP contribution in [-0.2, 0) is 11.3 Å². The molecule has 1 saturated carbocycles. The number of benzene rings is 1. The van der Waals surface area contributed by atoms with E-state index in [1.807, 2.05) is 0 Å². The van der Waals surface area contributed by atoms with Crippen LogP contribution in [0.15, 0.2) is 23.0 Å². The fourth-order valence-electron chi connectivity index (χ4n) is 4.25. The quantitative estimate of drug-likeness (QED) is 0.605. The summed E-state index contributed by atoms with van der Waals surface area (Å²) >= 11 is 5.41. The highest BCUT2D eigenvalue weighted by Crippen LogP contribution is 2.19. The Morgan fingerprint density at radius 3 is 2.68 bits per heavy atom. The van der Waals surface area contributed by atoms with Gasteiger partial charge >= 0.3 is 0 Å². The van der Waals surface area contributed by atoms with Gasteiger partial charge in [0.15, 0.2) is 4.77 Å². The number of carbonyl (C=O) groups excluding carboxylic acids is 1. The molecule has 2 fully saturated rings. The van der Waals surface area contributed by atoms with E-state index in [2.05, 4.69) is 10.3 Å². The van der Waals surface area contributed by atoms with Gasteiger partial charge in [-0.1, -0.05) is 25.7 Å². The number of aromatic nitrogens is 2. The number of amides is 1. The Labute approximate surface area is 169 Å². The fourth-order valence-corrected chi connectivity index (χ4v) is 4.51. The number of aromatic amines is 1. The molecule has 1 aliphatic carbocycles. The molecule has 0 spiro atoms. The van der Waals surface area contributed by atoms with Crippen molar-refractivity contribution >= 4 is 29.0 Å². The zero-order valence-corrected chi connectivity index (χ0v) is 16.9. The maximum atomic E-state index is 12.9. The van der Waals surface area contributed by atoms with E-state index in [4.69, 9.17) is 17.0 Å². The minimum Gasteiger partial charge on any atom is -0.376 e. The molecule has 0 radical (unpaired) electrons. The number of nitrogens with one attached hydrogen (secondary N) is 2. The Kier molecular flexibility index (Phi) is 5.92. The third kappa shape index (κ3) is 4.20. The van der Waals surface area contributed by atoms with E-state index in [1.165, 1.54) is 25.7 Å². The van der Waals surface area contributed by atoms with Crippen molar-refractivity contribution in [3.8, 4) is 0 Å². The van der Waals surface area contributed by atoms with Crippen molar-refractivity contribution in [3.05, 3.63) is 38.9 Å². The second-order valence-electron chi connectivity index (χ2n) is 7.90. The monoisotopic (exact) mass is 401 g/mol. The van der Waals surface area contributed by atoms with Crippen LogP contribution < -0.4 is 10.9 Å². The molecule has 2 heterocycles. The number of ether oxygens (including phenoxy) is 1. The first-order valence-electron chi connectivity index (χ1n) is 10.3. The number of hydrogen-bond acceptors (Lipinski definition) is 4. The minimum atomic E-state index is -0.134. The molecule has 2 aromatic rings. The largest absolute Gasteiger partial charge is 0.376 e. The number of fused-ring (bicyclic) bond motifs is 1. The lowest BCUT2D eigenvalue weighted by molar-refractivity contribution is 0.0933. The average molecular weight is 402 g/mol. The van der Waals surface area contributed by atoms with Crippen LogP contribution >= 0.6 is 12.2 Å². The van der Waals surface area contributed by atoms with Crippen LogP contribution in [0.5, 0.6) is 0 Å². The average Bonchev–Trinajstić information content (AvgIpc) is 3.07. The Morgan fingerprint density at radius 2 is 1.96 bits per heavy atom. The maximum Gasteiger partial charge on any atom is 0.262 e. The summed E-state index contributed by atoms with van der Waals surface area (Å²) < 4.78 is 7.58. The predicted octanol–water partition coefficient (Wildman–Crippen LogP) is 3.69. The Hall–Kier alpha value is -1.99. The molecule has 4 rings (SSSR count). The molecule has 1 aliphatic heterocycles. The van der Waals surface area contributed by atoms with Crippen LogP contribution in [0.2, 0.25) is 0 Å². The van der Waals surface area contributed by atoms with Crippen molar-refractivity contribution in [3.63, 3.8) is 0 Å². The van der Waals surface area contributed by atoms with Crippen LogP contribution in [-0.4, -0.2) is 34.2 Å². The second-order valence-corrected chi connectivity index (χ2v) is 8.29. The first-order chi connectivity index (χ1) is 13.6. The van der Waals surface area contributed by atoms with Crippen molar-refractivity contribution in [2.24, 2.45) is 0 Å². The Morgan fingerprint density at radius 1 is 1.18 bits per heavy atom. The first kappa shape index (κ1) is 19.3. The van der Waals surface area contributed by atoms with Crippen LogP contribution in [0.3, 0.4) is 0 Å². The van der Waals surface area contributed by atoms with E-state index in [0.29, 0.717) is 27.8 Å². The van der Waals surface area contributed by atoms with Gasteiger partial charge < -0.3 is 15.0 Å².